The van der Waals surface area contributed by atoms with Crippen molar-refractivity contribution < 1.29 is 9.21 Å². The fourth-order valence-electron chi connectivity index (χ4n) is 2.04. The standard InChI is InChI=1S/C14H12N2O2/c1-2-16-9-15-12-7-10(3-5-13(12)16)14-6-4-11(8-17)18-14/h3-9H,2H2,1H3. The van der Waals surface area contributed by atoms with E-state index >= 15 is 0 Å². The molecular formula is C14H12N2O2. The highest BCUT2D eigenvalue weighted by Gasteiger charge is 2.07. The monoisotopic (exact) mass is 240 g/mol. The summed E-state index contributed by atoms with van der Waals surface area (Å²) in [5.41, 5.74) is 2.96. The molecular weight excluding hydrogens is 228 g/mol. The molecule has 0 radical (unpaired) electrons. The highest BCUT2D eigenvalue weighted by atomic mass is 16.3. The zero-order valence-electron chi connectivity index (χ0n) is 9.96. The predicted molar refractivity (Wildman–Crippen MR) is 68.5 cm³/mol. The lowest BCUT2D eigenvalue weighted by Crippen LogP contribution is -1.90. The number of benzene rings is 1. The lowest BCUT2D eigenvalue weighted by atomic mass is 10.1. The van der Waals surface area contributed by atoms with Crippen molar-refractivity contribution in [2.75, 3.05) is 0 Å². The molecule has 0 spiro atoms. The topological polar surface area (TPSA) is 48.0 Å². The average molecular weight is 240 g/mol. The zero-order valence-corrected chi connectivity index (χ0v) is 9.96. The third-order valence-corrected chi connectivity index (χ3v) is 2.99. The number of aldehydes is 1. The van der Waals surface area contributed by atoms with Crippen LogP contribution in [0.15, 0.2) is 41.1 Å². The van der Waals surface area contributed by atoms with E-state index in [1.165, 1.54) is 0 Å². The first kappa shape index (κ1) is 10.8. The fourth-order valence-corrected chi connectivity index (χ4v) is 2.04. The molecule has 90 valence electrons. The molecule has 0 amide bonds. The van der Waals surface area contributed by atoms with Gasteiger partial charge in [-0.3, -0.25) is 4.79 Å². The number of fused-ring (bicyclic) bond motifs is 1. The Bertz CT molecular complexity index is 709. The van der Waals surface area contributed by atoms with Gasteiger partial charge in [0.15, 0.2) is 12.0 Å². The molecule has 2 heterocycles. The van der Waals surface area contributed by atoms with Crippen LogP contribution in [-0.2, 0) is 6.54 Å². The Kier molecular flexibility index (Phi) is 2.48. The van der Waals surface area contributed by atoms with Crippen molar-refractivity contribution in [2.45, 2.75) is 13.5 Å². The van der Waals surface area contributed by atoms with Crippen molar-refractivity contribution in [1.82, 2.24) is 9.55 Å². The van der Waals surface area contributed by atoms with Crippen LogP contribution in [0.1, 0.15) is 17.5 Å². The van der Waals surface area contributed by atoms with Crippen LogP contribution in [0.4, 0.5) is 0 Å². The molecule has 0 bridgehead atoms. The number of nitrogens with zero attached hydrogens (tertiary/aromatic N) is 2. The Balaban J connectivity index is 2.10. The first-order valence-electron chi connectivity index (χ1n) is 5.82. The van der Waals surface area contributed by atoms with E-state index in [-0.39, 0.29) is 0 Å². The van der Waals surface area contributed by atoms with Crippen molar-refractivity contribution in [1.29, 1.82) is 0 Å². The minimum absolute atomic E-state index is 0.337. The molecule has 0 N–H and O–H groups in total. The van der Waals surface area contributed by atoms with Crippen LogP contribution in [0, 0.1) is 0 Å². The maximum Gasteiger partial charge on any atom is 0.185 e. The summed E-state index contributed by atoms with van der Waals surface area (Å²) in [6, 6.07) is 9.42. The molecule has 18 heavy (non-hydrogen) atoms. The van der Waals surface area contributed by atoms with Crippen LogP contribution in [0.2, 0.25) is 0 Å². The zero-order chi connectivity index (χ0) is 12.5. The number of hydrogen-bond donors (Lipinski definition) is 0. The summed E-state index contributed by atoms with van der Waals surface area (Å²) in [5.74, 6) is 1.02. The summed E-state index contributed by atoms with van der Waals surface area (Å²) in [7, 11) is 0. The van der Waals surface area contributed by atoms with Crippen molar-refractivity contribution in [3.8, 4) is 11.3 Å². The molecule has 0 atom stereocenters. The number of hydrogen-bond acceptors (Lipinski definition) is 3. The largest absolute Gasteiger partial charge is 0.453 e. The Morgan fingerprint density at radius 1 is 1.33 bits per heavy atom. The van der Waals surface area contributed by atoms with Gasteiger partial charge in [0.05, 0.1) is 17.4 Å². The van der Waals surface area contributed by atoms with Crippen LogP contribution >= 0.6 is 0 Å². The summed E-state index contributed by atoms with van der Waals surface area (Å²) in [4.78, 5) is 15.0. The van der Waals surface area contributed by atoms with Gasteiger partial charge in [0, 0.05) is 12.1 Å². The molecule has 0 aliphatic heterocycles. The Hall–Kier alpha value is -2.36. The van der Waals surface area contributed by atoms with Gasteiger partial charge in [0.2, 0.25) is 0 Å². The normalized spacial score (nSPS) is 10.9. The van der Waals surface area contributed by atoms with Crippen LogP contribution in [0.25, 0.3) is 22.4 Å². The van der Waals surface area contributed by atoms with Gasteiger partial charge >= 0.3 is 0 Å². The second-order valence-corrected chi connectivity index (χ2v) is 4.05. The summed E-state index contributed by atoms with van der Waals surface area (Å²) < 4.78 is 7.48. The fraction of sp³-hybridized carbons (Fsp3) is 0.143. The van der Waals surface area contributed by atoms with Gasteiger partial charge in [-0.2, -0.15) is 0 Å². The lowest BCUT2D eigenvalue weighted by molar-refractivity contribution is 0.110. The van der Waals surface area contributed by atoms with E-state index in [0.717, 1.165) is 23.1 Å². The Morgan fingerprint density at radius 3 is 2.94 bits per heavy atom. The molecule has 3 aromatic rings. The SMILES string of the molecule is CCn1cnc2cc(-c3ccc(C=O)o3)ccc21. The molecule has 0 unspecified atom stereocenters. The number of carbonyl (C=O) groups is 1. The van der Waals surface area contributed by atoms with Gasteiger partial charge in [0.25, 0.3) is 0 Å². The lowest BCUT2D eigenvalue weighted by Gasteiger charge is -2.00. The summed E-state index contributed by atoms with van der Waals surface area (Å²) in [6.45, 7) is 2.98. The molecule has 2 aromatic heterocycles. The first-order valence-corrected chi connectivity index (χ1v) is 5.82. The Labute approximate surface area is 104 Å². The summed E-state index contributed by atoms with van der Waals surface area (Å²) >= 11 is 0. The minimum atomic E-state index is 0.337. The number of imidazole rings is 1. The third kappa shape index (κ3) is 1.62. The summed E-state index contributed by atoms with van der Waals surface area (Å²) in [6.07, 6.45) is 2.53. The van der Waals surface area contributed by atoms with E-state index in [2.05, 4.69) is 16.5 Å². The summed E-state index contributed by atoms with van der Waals surface area (Å²) in [5, 5.41) is 0. The second-order valence-electron chi connectivity index (χ2n) is 4.05. The van der Waals surface area contributed by atoms with E-state index in [1.807, 2.05) is 24.5 Å². The molecule has 0 aliphatic rings. The quantitative estimate of drug-likeness (QED) is 0.661. The highest BCUT2D eigenvalue weighted by molar-refractivity contribution is 5.81. The van der Waals surface area contributed by atoms with E-state index in [4.69, 9.17) is 4.42 Å². The van der Waals surface area contributed by atoms with Crippen molar-refractivity contribution in [3.05, 3.63) is 42.4 Å². The molecule has 0 fully saturated rings. The molecule has 0 aliphatic carbocycles. The minimum Gasteiger partial charge on any atom is -0.453 e. The molecule has 0 saturated carbocycles. The van der Waals surface area contributed by atoms with E-state index in [1.54, 1.807) is 12.1 Å². The van der Waals surface area contributed by atoms with Crippen molar-refractivity contribution >= 4 is 17.3 Å². The smallest absolute Gasteiger partial charge is 0.185 e. The van der Waals surface area contributed by atoms with Gasteiger partial charge in [-0.25, -0.2) is 4.98 Å². The van der Waals surface area contributed by atoms with E-state index in [9.17, 15) is 4.79 Å². The van der Waals surface area contributed by atoms with Crippen LogP contribution < -0.4 is 0 Å². The number of aryl methyl sites for hydroxylation is 1. The molecule has 0 saturated heterocycles. The van der Waals surface area contributed by atoms with Crippen LogP contribution in [0.3, 0.4) is 0 Å². The van der Waals surface area contributed by atoms with Gasteiger partial charge in [-0.15, -0.1) is 0 Å². The Morgan fingerprint density at radius 2 is 2.22 bits per heavy atom. The van der Waals surface area contributed by atoms with Crippen molar-refractivity contribution in [2.24, 2.45) is 0 Å². The van der Waals surface area contributed by atoms with Crippen LogP contribution in [-0.4, -0.2) is 15.8 Å². The molecule has 4 heteroatoms. The van der Waals surface area contributed by atoms with E-state index < -0.39 is 0 Å². The number of rotatable bonds is 3. The van der Waals surface area contributed by atoms with Crippen LogP contribution in [0.5, 0.6) is 0 Å². The van der Waals surface area contributed by atoms with E-state index in [0.29, 0.717) is 17.8 Å². The molecule has 4 nitrogen and oxygen atoms in total. The number of carbonyl (C=O) groups excluding carboxylic acids is 1. The van der Waals surface area contributed by atoms with Gasteiger partial charge in [-0.05, 0) is 37.3 Å². The predicted octanol–water partition coefficient (Wildman–Crippen LogP) is 3.13. The number of aromatic nitrogens is 2. The maximum atomic E-state index is 10.6. The van der Waals surface area contributed by atoms with Gasteiger partial charge in [0.1, 0.15) is 5.76 Å². The van der Waals surface area contributed by atoms with Crippen molar-refractivity contribution in [3.63, 3.8) is 0 Å². The second kappa shape index (κ2) is 4.14. The number of furan rings is 1. The highest BCUT2D eigenvalue weighted by Crippen LogP contribution is 2.25. The maximum absolute atomic E-state index is 10.6. The average Bonchev–Trinajstić information content (AvgIpc) is 3.04. The molecule has 1 aromatic carbocycles. The first-order chi connectivity index (χ1) is 8.81. The van der Waals surface area contributed by atoms with Gasteiger partial charge < -0.3 is 8.98 Å². The van der Waals surface area contributed by atoms with Gasteiger partial charge in [-0.1, -0.05) is 0 Å². The third-order valence-electron chi connectivity index (χ3n) is 2.99. The molecule has 3 rings (SSSR count).